The zero-order chi connectivity index (χ0) is 17.4. The van der Waals surface area contributed by atoms with Crippen LogP contribution < -0.4 is 0 Å². The van der Waals surface area contributed by atoms with E-state index in [2.05, 4.69) is 4.90 Å². The Morgan fingerprint density at radius 1 is 1.25 bits per heavy atom. The lowest BCUT2D eigenvalue weighted by molar-refractivity contribution is -0.0529. The molecule has 24 heavy (non-hydrogen) atoms. The maximum Gasteiger partial charge on any atom is 0.248 e. The van der Waals surface area contributed by atoms with Crippen molar-refractivity contribution < 1.29 is 26.7 Å². The van der Waals surface area contributed by atoms with Crippen molar-refractivity contribution in [1.82, 2.24) is 9.21 Å². The second-order valence-electron chi connectivity index (χ2n) is 6.94. The maximum atomic E-state index is 13.4. The van der Waals surface area contributed by atoms with Crippen LogP contribution in [0.4, 0.5) is 8.78 Å². The quantitative estimate of drug-likeness (QED) is 0.739. The topological polar surface area (TPSA) is 59.1 Å². The van der Waals surface area contributed by atoms with Gasteiger partial charge in [0, 0.05) is 45.6 Å². The summed E-state index contributed by atoms with van der Waals surface area (Å²) in [6, 6.07) is -0.165. The number of hydrogen-bond donors (Lipinski definition) is 0. The number of rotatable bonds is 4. The summed E-state index contributed by atoms with van der Waals surface area (Å²) in [5.74, 6) is -2.57. The number of fused-ring (bicyclic) bond motifs is 1. The van der Waals surface area contributed by atoms with Crippen LogP contribution in [0.15, 0.2) is 0 Å². The molecule has 2 aliphatic heterocycles. The molecule has 2 saturated heterocycles. The number of sulfonamides is 1. The van der Waals surface area contributed by atoms with E-state index in [0.717, 1.165) is 0 Å². The Hall–Kier alpha value is -0.350. The van der Waals surface area contributed by atoms with Gasteiger partial charge in [0.2, 0.25) is 15.9 Å². The minimum absolute atomic E-state index is 0.0145. The highest BCUT2D eigenvalue weighted by Crippen LogP contribution is 2.37. The molecule has 2 heterocycles. The van der Waals surface area contributed by atoms with Gasteiger partial charge in [-0.2, -0.15) is 4.31 Å². The average molecular weight is 368 g/mol. The van der Waals surface area contributed by atoms with E-state index in [0.29, 0.717) is 39.1 Å². The lowest BCUT2D eigenvalue weighted by Gasteiger charge is -2.35. The lowest BCUT2D eigenvalue weighted by Crippen LogP contribution is -2.48. The maximum absolute atomic E-state index is 13.4. The third-order valence-electron chi connectivity index (χ3n) is 5.38. The summed E-state index contributed by atoms with van der Waals surface area (Å²) >= 11 is 0. The zero-order valence-electron chi connectivity index (χ0n) is 14.0. The Morgan fingerprint density at radius 2 is 1.96 bits per heavy atom. The molecule has 0 N–H and O–H groups in total. The highest BCUT2D eigenvalue weighted by atomic mass is 32.2. The molecule has 0 radical (unpaired) electrons. The first-order valence-corrected chi connectivity index (χ1v) is 10.2. The average Bonchev–Trinajstić information content (AvgIpc) is 2.86. The predicted molar refractivity (Wildman–Crippen MR) is 84.7 cm³/mol. The first kappa shape index (κ1) is 18.4. The van der Waals surface area contributed by atoms with Gasteiger partial charge in [0.1, 0.15) is 0 Å². The number of likely N-dealkylation sites (tertiary alicyclic amines) is 1. The molecule has 1 saturated carbocycles. The van der Waals surface area contributed by atoms with Gasteiger partial charge < -0.3 is 9.47 Å². The van der Waals surface area contributed by atoms with Gasteiger partial charge in [0.25, 0.3) is 0 Å². The molecule has 3 rings (SSSR count). The molecule has 0 spiro atoms. The Bertz CT molecular complexity index is 536. The highest BCUT2D eigenvalue weighted by molar-refractivity contribution is 7.89. The molecular weight excluding hydrogens is 342 g/mol. The first-order chi connectivity index (χ1) is 11.3. The number of methoxy groups -OCH3 is 1. The van der Waals surface area contributed by atoms with Crippen LogP contribution in [0.1, 0.15) is 25.7 Å². The fraction of sp³-hybridized carbons (Fsp3) is 1.00. The molecule has 9 heteroatoms. The van der Waals surface area contributed by atoms with E-state index in [1.165, 1.54) is 4.31 Å². The Morgan fingerprint density at radius 3 is 2.62 bits per heavy atom. The largest absolute Gasteiger partial charge is 0.383 e. The van der Waals surface area contributed by atoms with Gasteiger partial charge in [0.05, 0.1) is 31.1 Å². The summed E-state index contributed by atoms with van der Waals surface area (Å²) in [5.41, 5.74) is 0. The summed E-state index contributed by atoms with van der Waals surface area (Å²) in [5, 5.41) is 0. The molecule has 1 aliphatic carbocycles. The summed E-state index contributed by atoms with van der Waals surface area (Å²) in [7, 11) is -1.83. The number of ether oxygens (including phenoxy) is 2. The van der Waals surface area contributed by atoms with Crippen LogP contribution in [0.5, 0.6) is 0 Å². The molecule has 2 atom stereocenters. The molecule has 3 aliphatic rings. The van der Waals surface area contributed by atoms with E-state index < -0.39 is 15.9 Å². The van der Waals surface area contributed by atoms with E-state index in [1.54, 1.807) is 7.11 Å². The molecule has 0 aromatic heterocycles. The molecule has 0 bridgehead atoms. The van der Waals surface area contributed by atoms with Crippen LogP contribution in [0.2, 0.25) is 0 Å². The van der Waals surface area contributed by atoms with Crippen LogP contribution in [0, 0.1) is 0 Å². The number of alkyl halides is 2. The van der Waals surface area contributed by atoms with Crippen molar-refractivity contribution in [1.29, 1.82) is 0 Å². The van der Waals surface area contributed by atoms with Crippen molar-refractivity contribution in [3.63, 3.8) is 0 Å². The van der Waals surface area contributed by atoms with Gasteiger partial charge >= 0.3 is 0 Å². The third-order valence-corrected chi connectivity index (χ3v) is 7.23. The van der Waals surface area contributed by atoms with Gasteiger partial charge in [-0.1, -0.05) is 0 Å². The predicted octanol–water partition coefficient (Wildman–Crippen LogP) is 0.926. The van der Waals surface area contributed by atoms with E-state index in [9.17, 15) is 17.2 Å². The van der Waals surface area contributed by atoms with Crippen LogP contribution in [-0.2, 0) is 19.5 Å². The van der Waals surface area contributed by atoms with Crippen LogP contribution in [0.3, 0.4) is 0 Å². The van der Waals surface area contributed by atoms with Crippen LogP contribution in [0.25, 0.3) is 0 Å². The summed E-state index contributed by atoms with van der Waals surface area (Å²) < 4.78 is 64.1. The summed E-state index contributed by atoms with van der Waals surface area (Å²) in [4.78, 5) is 2.14. The SMILES string of the molecule is COCCN1[C@@H]2CN(C3CCC(F)(F)CC3)C[C@@H]2OCCS1(=O)=O. The second kappa shape index (κ2) is 7.11. The molecule has 3 fully saturated rings. The Kier molecular flexibility index (Phi) is 5.46. The molecule has 0 aromatic rings. The number of hydrogen-bond acceptors (Lipinski definition) is 5. The third kappa shape index (κ3) is 3.90. The van der Waals surface area contributed by atoms with Gasteiger partial charge in [0.15, 0.2) is 0 Å². The Labute approximate surface area is 142 Å². The zero-order valence-corrected chi connectivity index (χ0v) is 14.8. The molecule has 0 unspecified atom stereocenters. The normalized spacial score (nSPS) is 34.8. The van der Waals surface area contributed by atoms with Crippen molar-refractivity contribution in [3.05, 3.63) is 0 Å². The monoisotopic (exact) mass is 368 g/mol. The highest BCUT2D eigenvalue weighted by Gasteiger charge is 2.47. The first-order valence-electron chi connectivity index (χ1n) is 8.54. The number of halogens is 2. The molecule has 0 aromatic carbocycles. The standard InChI is InChI=1S/C15H26F2N2O4S/c1-22-7-6-19-13-10-18(12-2-4-15(16,17)5-3-12)11-14(13)23-8-9-24(19,20)21/h12-14H,2-11H2,1H3/t13-,14+/m1/s1. The second-order valence-corrected chi connectivity index (χ2v) is 8.98. The van der Waals surface area contributed by atoms with Crippen molar-refractivity contribution in [3.8, 4) is 0 Å². The van der Waals surface area contributed by atoms with Crippen LogP contribution >= 0.6 is 0 Å². The van der Waals surface area contributed by atoms with Gasteiger partial charge in [-0.3, -0.25) is 4.90 Å². The molecule has 140 valence electrons. The van der Waals surface area contributed by atoms with Crippen molar-refractivity contribution in [2.24, 2.45) is 0 Å². The molecule has 6 nitrogen and oxygen atoms in total. The van der Waals surface area contributed by atoms with E-state index in [1.807, 2.05) is 0 Å². The summed E-state index contributed by atoms with van der Waals surface area (Å²) in [6.45, 7) is 1.98. The van der Waals surface area contributed by atoms with E-state index in [4.69, 9.17) is 9.47 Å². The molecular formula is C15H26F2N2O4S. The smallest absolute Gasteiger partial charge is 0.248 e. The fourth-order valence-electron chi connectivity index (χ4n) is 4.03. The van der Waals surface area contributed by atoms with Gasteiger partial charge in [-0.25, -0.2) is 17.2 Å². The Balaban J connectivity index is 1.70. The van der Waals surface area contributed by atoms with Crippen molar-refractivity contribution in [2.45, 2.75) is 49.8 Å². The van der Waals surface area contributed by atoms with E-state index in [-0.39, 0.29) is 43.4 Å². The van der Waals surface area contributed by atoms with Gasteiger partial charge in [-0.15, -0.1) is 0 Å². The van der Waals surface area contributed by atoms with Gasteiger partial charge in [-0.05, 0) is 12.8 Å². The fourth-order valence-corrected chi connectivity index (χ4v) is 5.54. The van der Waals surface area contributed by atoms with E-state index >= 15 is 0 Å². The van der Waals surface area contributed by atoms with Crippen molar-refractivity contribution in [2.75, 3.05) is 45.7 Å². The van der Waals surface area contributed by atoms with Crippen LogP contribution in [-0.4, -0.2) is 87.4 Å². The molecule has 0 amide bonds. The van der Waals surface area contributed by atoms with Crippen molar-refractivity contribution >= 4 is 10.0 Å². The summed E-state index contributed by atoms with van der Waals surface area (Å²) in [6.07, 6.45) is 0.544. The minimum Gasteiger partial charge on any atom is -0.383 e. The minimum atomic E-state index is -3.38. The lowest BCUT2D eigenvalue weighted by atomic mass is 9.91. The number of nitrogens with zero attached hydrogens (tertiary/aromatic N) is 2.